The van der Waals surface area contributed by atoms with E-state index in [0.29, 0.717) is 16.8 Å². The molecule has 0 aliphatic heterocycles. The number of aliphatic hydroxyl groups excluding tert-OH is 1. The lowest BCUT2D eigenvalue weighted by atomic mass is 10.2. The number of hydrogen-bond acceptors (Lipinski definition) is 7. The highest BCUT2D eigenvalue weighted by molar-refractivity contribution is 9.10. The summed E-state index contributed by atoms with van der Waals surface area (Å²) < 4.78 is 4.33. The summed E-state index contributed by atoms with van der Waals surface area (Å²) >= 11 is 6.52. The first-order valence-corrected chi connectivity index (χ1v) is 11.3. The molecular formula is C20H21BrN4OS2. The SMILES string of the molecule is C[C@H](CO)Nc1cc(NSc2ccc(Br)cc2)nc(SCc2ccccc2)n1. The molecule has 0 radical (unpaired) electrons. The quantitative estimate of drug-likeness (QED) is 0.215. The van der Waals surface area contributed by atoms with Gasteiger partial charge in [0.15, 0.2) is 5.16 Å². The molecule has 0 spiro atoms. The number of rotatable bonds is 9. The standard InChI is InChI=1S/C20H21BrN4OS2/c1-14(12-26)22-18-11-19(25-28-17-9-7-16(21)8-10-17)24-20(23-18)27-13-15-5-3-2-4-6-15/h2-11,14,26H,12-13H2,1H3,(H2,22,23,24,25)/t14-/m1/s1. The fourth-order valence-electron chi connectivity index (χ4n) is 2.25. The minimum Gasteiger partial charge on any atom is -0.394 e. The van der Waals surface area contributed by atoms with E-state index >= 15 is 0 Å². The van der Waals surface area contributed by atoms with Gasteiger partial charge in [0.2, 0.25) is 0 Å². The molecule has 3 aromatic rings. The Balaban J connectivity index is 1.73. The number of thioether (sulfide) groups is 1. The molecule has 0 aliphatic rings. The van der Waals surface area contributed by atoms with Gasteiger partial charge < -0.3 is 15.1 Å². The Morgan fingerprint density at radius 2 is 1.75 bits per heavy atom. The van der Waals surface area contributed by atoms with Crippen molar-refractivity contribution in [3.63, 3.8) is 0 Å². The molecule has 0 amide bonds. The minimum absolute atomic E-state index is 0.0346. The van der Waals surface area contributed by atoms with Crippen LogP contribution in [0.4, 0.5) is 11.6 Å². The van der Waals surface area contributed by atoms with Gasteiger partial charge in [0.25, 0.3) is 0 Å². The Kier molecular flexibility index (Phi) is 8.02. The lowest BCUT2D eigenvalue weighted by Gasteiger charge is -2.14. The van der Waals surface area contributed by atoms with Gasteiger partial charge in [-0.25, -0.2) is 9.97 Å². The highest BCUT2D eigenvalue weighted by Crippen LogP contribution is 2.27. The second-order valence-electron chi connectivity index (χ2n) is 6.08. The molecule has 3 N–H and O–H groups in total. The molecule has 8 heteroatoms. The predicted molar refractivity (Wildman–Crippen MR) is 122 cm³/mol. The summed E-state index contributed by atoms with van der Waals surface area (Å²) in [4.78, 5) is 10.3. The van der Waals surface area contributed by atoms with Crippen LogP contribution in [0, 0.1) is 0 Å². The molecule has 0 fully saturated rings. The molecular weight excluding hydrogens is 456 g/mol. The highest BCUT2D eigenvalue weighted by Gasteiger charge is 2.09. The van der Waals surface area contributed by atoms with E-state index in [1.54, 1.807) is 11.8 Å². The maximum absolute atomic E-state index is 9.33. The average molecular weight is 477 g/mol. The lowest BCUT2D eigenvalue weighted by molar-refractivity contribution is 0.281. The zero-order chi connectivity index (χ0) is 19.8. The van der Waals surface area contributed by atoms with E-state index in [0.717, 1.165) is 15.1 Å². The third kappa shape index (κ3) is 6.70. The second-order valence-corrected chi connectivity index (χ2v) is 8.82. The van der Waals surface area contributed by atoms with Crippen LogP contribution in [0.15, 0.2) is 75.2 Å². The number of benzene rings is 2. The first-order valence-electron chi connectivity index (χ1n) is 8.74. The molecule has 0 saturated carbocycles. The maximum Gasteiger partial charge on any atom is 0.191 e. The predicted octanol–water partition coefficient (Wildman–Crippen LogP) is 5.44. The number of nitrogens with zero attached hydrogens (tertiary/aromatic N) is 2. The molecule has 0 bridgehead atoms. The summed E-state index contributed by atoms with van der Waals surface area (Å²) in [5, 5.41) is 13.2. The molecule has 2 aromatic carbocycles. The van der Waals surface area contributed by atoms with Crippen molar-refractivity contribution in [3.8, 4) is 0 Å². The summed E-state index contributed by atoms with van der Waals surface area (Å²) in [6.45, 7) is 1.94. The smallest absolute Gasteiger partial charge is 0.191 e. The first kappa shape index (κ1) is 21.0. The number of hydrogen-bond donors (Lipinski definition) is 3. The van der Waals surface area contributed by atoms with Crippen LogP contribution in [-0.4, -0.2) is 27.7 Å². The van der Waals surface area contributed by atoms with Crippen molar-refractivity contribution >= 4 is 51.3 Å². The fraction of sp³-hybridized carbons (Fsp3) is 0.200. The molecule has 3 rings (SSSR count). The Hall–Kier alpha value is -1.74. The van der Waals surface area contributed by atoms with Crippen molar-refractivity contribution in [1.29, 1.82) is 0 Å². The molecule has 5 nitrogen and oxygen atoms in total. The van der Waals surface area contributed by atoms with Crippen molar-refractivity contribution in [2.24, 2.45) is 0 Å². The van der Waals surface area contributed by atoms with Crippen LogP contribution in [0.3, 0.4) is 0 Å². The average Bonchev–Trinajstić information content (AvgIpc) is 2.72. The Bertz CT molecular complexity index is 881. The third-order valence-electron chi connectivity index (χ3n) is 3.67. The van der Waals surface area contributed by atoms with Crippen LogP contribution in [0.2, 0.25) is 0 Å². The monoisotopic (exact) mass is 476 g/mol. The van der Waals surface area contributed by atoms with Gasteiger partial charge in [0, 0.05) is 27.2 Å². The van der Waals surface area contributed by atoms with Crippen LogP contribution in [-0.2, 0) is 5.75 Å². The summed E-state index contributed by atoms with van der Waals surface area (Å²) in [6, 6.07) is 20.1. The maximum atomic E-state index is 9.33. The Morgan fingerprint density at radius 1 is 1.04 bits per heavy atom. The molecule has 1 heterocycles. The normalized spacial score (nSPS) is 11.8. The largest absolute Gasteiger partial charge is 0.394 e. The van der Waals surface area contributed by atoms with Crippen LogP contribution in [0.5, 0.6) is 0 Å². The number of anilines is 2. The van der Waals surface area contributed by atoms with Gasteiger partial charge in [0.05, 0.1) is 6.61 Å². The lowest BCUT2D eigenvalue weighted by Crippen LogP contribution is -2.20. The Labute approximate surface area is 182 Å². The zero-order valence-corrected chi connectivity index (χ0v) is 18.5. The van der Waals surface area contributed by atoms with Gasteiger partial charge in [-0.15, -0.1) is 0 Å². The summed E-state index contributed by atoms with van der Waals surface area (Å²) in [5.74, 6) is 2.19. The van der Waals surface area contributed by atoms with E-state index in [2.05, 4.69) is 48.1 Å². The molecule has 1 aromatic heterocycles. The molecule has 1 atom stereocenters. The molecule has 0 unspecified atom stereocenters. The van der Waals surface area contributed by atoms with Crippen LogP contribution in [0.1, 0.15) is 12.5 Å². The van der Waals surface area contributed by atoms with E-state index in [1.165, 1.54) is 17.5 Å². The van der Waals surface area contributed by atoms with Crippen molar-refractivity contribution in [2.75, 3.05) is 16.6 Å². The third-order valence-corrected chi connectivity index (χ3v) is 5.94. The van der Waals surface area contributed by atoms with Crippen molar-refractivity contribution < 1.29 is 5.11 Å². The number of aliphatic hydroxyl groups is 1. The Morgan fingerprint density at radius 3 is 2.46 bits per heavy atom. The number of aromatic nitrogens is 2. The fourth-order valence-corrected chi connectivity index (χ4v) is 3.93. The van der Waals surface area contributed by atoms with E-state index < -0.39 is 0 Å². The van der Waals surface area contributed by atoms with Crippen LogP contribution >= 0.6 is 39.6 Å². The van der Waals surface area contributed by atoms with Gasteiger partial charge in [-0.3, -0.25) is 0 Å². The number of halogens is 1. The van der Waals surface area contributed by atoms with E-state index in [4.69, 9.17) is 0 Å². The topological polar surface area (TPSA) is 70.1 Å². The molecule has 0 aliphatic carbocycles. The van der Waals surface area contributed by atoms with Gasteiger partial charge >= 0.3 is 0 Å². The van der Waals surface area contributed by atoms with E-state index in [1.807, 2.05) is 55.5 Å². The van der Waals surface area contributed by atoms with Crippen LogP contribution in [0.25, 0.3) is 0 Å². The summed E-state index contributed by atoms with van der Waals surface area (Å²) in [5.41, 5.74) is 1.22. The van der Waals surface area contributed by atoms with Gasteiger partial charge in [0.1, 0.15) is 11.6 Å². The molecule has 146 valence electrons. The molecule has 0 saturated heterocycles. The van der Waals surface area contributed by atoms with E-state index in [-0.39, 0.29) is 12.6 Å². The molecule has 28 heavy (non-hydrogen) atoms. The van der Waals surface area contributed by atoms with E-state index in [9.17, 15) is 5.11 Å². The van der Waals surface area contributed by atoms with Gasteiger partial charge in [-0.1, -0.05) is 58.0 Å². The highest BCUT2D eigenvalue weighted by atomic mass is 79.9. The summed E-state index contributed by atoms with van der Waals surface area (Å²) in [6.07, 6.45) is 0. The van der Waals surface area contributed by atoms with Crippen molar-refractivity contribution in [2.45, 2.75) is 28.8 Å². The summed E-state index contributed by atoms with van der Waals surface area (Å²) in [7, 11) is 0. The van der Waals surface area contributed by atoms with Gasteiger partial charge in [-0.05, 0) is 48.7 Å². The van der Waals surface area contributed by atoms with Gasteiger partial charge in [-0.2, -0.15) is 0 Å². The minimum atomic E-state index is -0.0890. The second kappa shape index (κ2) is 10.7. The number of nitrogens with one attached hydrogen (secondary N) is 2. The zero-order valence-electron chi connectivity index (χ0n) is 15.3. The van der Waals surface area contributed by atoms with Crippen LogP contribution < -0.4 is 10.0 Å². The van der Waals surface area contributed by atoms with Crippen molar-refractivity contribution in [3.05, 3.63) is 70.7 Å². The van der Waals surface area contributed by atoms with Crippen molar-refractivity contribution in [1.82, 2.24) is 9.97 Å². The first-order chi connectivity index (χ1) is 13.6.